The molecule has 1 aromatic carbocycles. The summed E-state index contributed by atoms with van der Waals surface area (Å²) in [4.78, 5) is 26.9. The van der Waals surface area contributed by atoms with Crippen LogP contribution in [-0.4, -0.2) is 28.0 Å². The number of carbonyl (C=O) groups is 2. The number of amides is 1. The number of aromatic amines is 1. The number of nitrogens with one attached hydrogen (secondary N) is 2. The molecule has 2 bridgehead atoms. The molecule has 3 N–H and O–H groups in total. The predicted molar refractivity (Wildman–Crippen MR) is 86.4 cm³/mol. The van der Waals surface area contributed by atoms with Gasteiger partial charge in [-0.25, -0.2) is 4.39 Å². The number of carboxylic acids is 1. The second-order valence-corrected chi connectivity index (χ2v) is 6.70. The average Bonchev–Trinajstić information content (AvgIpc) is 3.24. The van der Waals surface area contributed by atoms with Crippen molar-refractivity contribution in [3.8, 4) is 0 Å². The molecule has 7 heteroatoms. The van der Waals surface area contributed by atoms with Crippen LogP contribution < -0.4 is 5.32 Å². The number of fused-ring (bicyclic) bond motifs is 3. The predicted octanol–water partition coefficient (Wildman–Crippen LogP) is 2.97. The molecular formula is C17H14ClFN2O3. The molecule has 2 aliphatic rings. The lowest BCUT2D eigenvalue weighted by atomic mass is 9.89. The largest absolute Gasteiger partial charge is 0.481 e. The molecule has 4 atom stereocenters. The first kappa shape index (κ1) is 15.2. The summed E-state index contributed by atoms with van der Waals surface area (Å²) < 4.78 is 13.5. The summed E-state index contributed by atoms with van der Waals surface area (Å²) in [6.45, 7) is 0. The van der Waals surface area contributed by atoms with Crippen molar-refractivity contribution in [2.75, 3.05) is 0 Å². The molecule has 24 heavy (non-hydrogen) atoms. The fourth-order valence-corrected chi connectivity index (χ4v) is 4.07. The molecule has 124 valence electrons. The number of hydrogen-bond donors (Lipinski definition) is 3. The van der Waals surface area contributed by atoms with E-state index in [0.29, 0.717) is 10.9 Å². The fraction of sp³-hybridized carbons (Fsp3) is 0.294. The minimum Gasteiger partial charge on any atom is -0.481 e. The number of halogens is 2. The average molecular weight is 349 g/mol. The topological polar surface area (TPSA) is 82.2 Å². The van der Waals surface area contributed by atoms with Gasteiger partial charge in [0, 0.05) is 16.9 Å². The van der Waals surface area contributed by atoms with Gasteiger partial charge in [0.1, 0.15) is 11.5 Å². The Morgan fingerprint density at radius 3 is 2.79 bits per heavy atom. The Morgan fingerprint density at radius 2 is 2.04 bits per heavy atom. The summed E-state index contributed by atoms with van der Waals surface area (Å²) in [7, 11) is 0. The van der Waals surface area contributed by atoms with Crippen molar-refractivity contribution in [2.45, 2.75) is 12.5 Å². The maximum Gasteiger partial charge on any atom is 0.309 e. The van der Waals surface area contributed by atoms with E-state index in [9.17, 15) is 19.1 Å². The molecule has 0 spiro atoms. The molecule has 1 aromatic heterocycles. The summed E-state index contributed by atoms with van der Waals surface area (Å²) >= 11 is 5.92. The van der Waals surface area contributed by atoms with Crippen molar-refractivity contribution in [3.63, 3.8) is 0 Å². The number of carboxylic acid groups (broad SMARTS) is 1. The van der Waals surface area contributed by atoms with Crippen LogP contribution in [0, 0.1) is 23.6 Å². The van der Waals surface area contributed by atoms with Crippen LogP contribution >= 0.6 is 11.6 Å². The zero-order chi connectivity index (χ0) is 17.0. The smallest absolute Gasteiger partial charge is 0.309 e. The molecule has 0 unspecified atom stereocenters. The Balaban J connectivity index is 1.62. The minimum atomic E-state index is -0.904. The highest BCUT2D eigenvalue weighted by Crippen LogP contribution is 2.44. The molecule has 0 saturated heterocycles. The number of rotatable bonds is 3. The van der Waals surface area contributed by atoms with E-state index in [1.165, 1.54) is 18.2 Å². The van der Waals surface area contributed by atoms with E-state index in [-0.39, 0.29) is 22.6 Å². The Labute approximate surface area is 141 Å². The van der Waals surface area contributed by atoms with Crippen LogP contribution in [0.1, 0.15) is 16.9 Å². The van der Waals surface area contributed by atoms with Gasteiger partial charge in [0.05, 0.1) is 10.9 Å². The highest BCUT2D eigenvalue weighted by molar-refractivity contribution is 6.35. The molecule has 0 radical (unpaired) electrons. The lowest BCUT2D eigenvalue weighted by molar-refractivity contribution is -0.143. The van der Waals surface area contributed by atoms with E-state index in [1.54, 1.807) is 0 Å². The monoisotopic (exact) mass is 348 g/mol. The van der Waals surface area contributed by atoms with Crippen molar-refractivity contribution in [2.24, 2.45) is 17.8 Å². The summed E-state index contributed by atoms with van der Waals surface area (Å²) in [5.41, 5.74) is 0.780. The second kappa shape index (κ2) is 5.34. The Morgan fingerprint density at radius 1 is 1.29 bits per heavy atom. The first-order valence-electron chi connectivity index (χ1n) is 7.64. The van der Waals surface area contributed by atoms with Crippen molar-refractivity contribution >= 4 is 34.4 Å². The first-order valence-corrected chi connectivity index (χ1v) is 8.02. The number of allylic oxidation sites excluding steroid dienone is 1. The standard InChI is InChI=1S/C17H14ClFN2O3/c18-14-9-6-12(20-11(9)4-3-10(14)19)16(22)21-15-8-2-1-7(5-8)13(15)17(23)24/h1-4,6-8,13,15,20H,5H2,(H,21,22)(H,23,24)/t7-,8+,13+,15-/m1/s1. The van der Waals surface area contributed by atoms with Gasteiger partial charge < -0.3 is 15.4 Å². The number of H-pyrrole nitrogens is 1. The number of carbonyl (C=O) groups excluding carboxylic acids is 1. The van der Waals surface area contributed by atoms with Gasteiger partial charge in [-0.2, -0.15) is 0 Å². The lowest BCUT2D eigenvalue weighted by Gasteiger charge is -2.25. The molecule has 1 heterocycles. The van der Waals surface area contributed by atoms with Gasteiger partial charge >= 0.3 is 5.97 Å². The van der Waals surface area contributed by atoms with Crippen molar-refractivity contribution in [1.82, 2.24) is 10.3 Å². The zero-order valence-electron chi connectivity index (χ0n) is 12.4. The van der Waals surface area contributed by atoms with Crippen LogP contribution in [0.4, 0.5) is 4.39 Å². The quantitative estimate of drug-likeness (QED) is 0.746. The summed E-state index contributed by atoms with van der Waals surface area (Å²) in [5, 5.41) is 12.6. The van der Waals surface area contributed by atoms with Crippen LogP contribution in [0.2, 0.25) is 5.02 Å². The maximum absolute atomic E-state index is 13.5. The van der Waals surface area contributed by atoms with Crippen LogP contribution in [0.25, 0.3) is 10.9 Å². The number of aliphatic carboxylic acids is 1. The summed E-state index contributed by atoms with van der Waals surface area (Å²) in [6.07, 6.45) is 4.62. The van der Waals surface area contributed by atoms with Gasteiger partial charge in [0.25, 0.3) is 5.91 Å². The van der Waals surface area contributed by atoms with E-state index in [0.717, 1.165) is 6.42 Å². The Kier molecular flexibility index (Phi) is 3.38. The van der Waals surface area contributed by atoms with Crippen LogP contribution in [-0.2, 0) is 4.79 Å². The highest BCUT2D eigenvalue weighted by atomic mass is 35.5. The van der Waals surface area contributed by atoms with Crippen LogP contribution in [0.5, 0.6) is 0 Å². The SMILES string of the molecule is O=C(N[C@H]1[C@@H](C(=O)O)[C@@H]2C=C[C@H]1C2)c1cc2c(Cl)c(F)ccc2[nH]1. The first-order chi connectivity index (χ1) is 11.5. The Hall–Kier alpha value is -2.34. The summed E-state index contributed by atoms with van der Waals surface area (Å²) in [6, 6.07) is 3.77. The van der Waals surface area contributed by atoms with E-state index in [4.69, 9.17) is 11.6 Å². The lowest BCUT2D eigenvalue weighted by Crippen LogP contribution is -2.45. The normalized spacial score (nSPS) is 27.8. The van der Waals surface area contributed by atoms with Crippen molar-refractivity contribution in [1.29, 1.82) is 0 Å². The van der Waals surface area contributed by atoms with Gasteiger partial charge in [-0.1, -0.05) is 23.8 Å². The number of aromatic nitrogens is 1. The Bertz CT molecular complexity index is 891. The molecule has 1 saturated carbocycles. The maximum atomic E-state index is 13.5. The van der Waals surface area contributed by atoms with Crippen molar-refractivity contribution < 1.29 is 19.1 Å². The third-order valence-corrected chi connectivity index (χ3v) is 5.36. The van der Waals surface area contributed by atoms with Gasteiger partial charge in [0.2, 0.25) is 0 Å². The second-order valence-electron chi connectivity index (χ2n) is 6.32. The fourth-order valence-electron chi connectivity index (χ4n) is 3.85. The third kappa shape index (κ3) is 2.21. The molecule has 1 amide bonds. The summed E-state index contributed by atoms with van der Waals surface area (Å²) in [5.74, 6) is -2.50. The van der Waals surface area contributed by atoms with Crippen LogP contribution in [0.15, 0.2) is 30.4 Å². The van der Waals surface area contributed by atoms with E-state index >= 15 is 0 Å². The minimum absolute atomic E-state index is 0.0328. The van der Waals surface area contributed by atoms with Gasteiger partial charge in [-0.05, 0) is 36.5 Å². The highest BCUT2D eigenvalue weighted by Gasteiger charge is 2.49. The van der Waals surface area contributed by atoms with E-state index in [1.807, 2.05) is 12.2 Å². The molecule has 1 fully saturated rings. The van der Waals surface area contributed by atoms with Crippen LogP contribution in [0.3, 0.4) is 0 Å². The molecule has 5 nitrogen and oxygen atoms in total. The van der Waals surface area contributed by atoms with Gasteiger partial charge in [0.15, 0.2) is 0 Å². The molecule has 0 aliphatic heterocycles. The van der Waals surface area contributed by atoms with Crippen molar-refractivity contribution in [3.05, 3.63) is 46.9 Å². The van der Waals surface area contributed by atoms with Gasteiger partial charge in [-0.15, -0.1) is 0 Å². The zero-order valence-corrected chi connectivity index (χ0v) is 13.2. The molecule has 2 aromatic rings. The third-order valence-electron chi connectivity index (χ3n) is 4.98. The van der Waals surface area contributed by atoms with E-state index in [2.05, 4.69) is 10.3 Å². The molecular weight excluding hydrogens is 335 g/mol. The van der Waals surface area contributed by atoms with E-state index < -0.39 is 29.7 Å². The number of hydrogen-bond acceptors (Lipinski definition) is 2. The molecule has 2 aliphatic carbocycles. The molecule has 4 rings (SSSR count). The number of benzene rings is 1. The van der Waals surface area contributed by atoms with Gasteiger partial charge in [-0.3, -0.25) is 9.59 Å².